The third kappa shape index (κ3) is 14.1. The van der Waals surface area contributed by atoms with Crippen molar-refractivity contribution in [2.45, 2.75) is 73.5 Å². The summed E-state index contributed by atoms with van der Waals surface area (Å²) in [6.07, 6.45) is 7.53. The first-order valence-corrected chi connectivity index (χ1v) is 11.6. The maximum atomic E-state index is 13.6. The Hall–Kier alpha value is -1.04. The highest BCUT2D eigenvalue weighted by atomic mass is 19.1. The summed E-state index contributed by atoms with van der Waals surface area (Å²) in [7, 11) is 2.14. The predicted octanol–water partition coefficient (Wildman–Crippen LogP) is 5.61. The van der Waals surface area contributed by atoms with Gasteiger partial charge in [-0.3, -0.25) is 9.89 Å². The van der Waals surface area contributed by atoms with Crippen molar-refractivity contribution < 1.29 is 9.13 Å². The molecular formula is C25H48FN3O. The summed E-state index contributed by atoms with van der Waals surface area (Å²) in [5, 5.41) is 0. The topological polar surface area (TPSA) is 28.1 Å². The lowest BCUT2D eigenvalue weighted by atomic mass is 10.0. The predicted molar refractivity (Wildman–Crippen MR) is 130 cm³/mol. The third-order valence-corrected chi connectivity index (χ3v) is 5.67. The molecule has 0 aliphatic carbocycles. The zero-order valence-electron chi connectivity index (χ0n) is 21.1. The number of hydrogen-bond acceptors (Lipinski definition) is 4. The van der Waals surface area contributed by atoms with Crippen LogP contribution in [-0.2, 0) is 4.74 Å². The molecule has 0 aliphatic heterocycles. The molecule has 1 unspecified atom stereocenters. The van der Waals surface area contributed by atoms with E-state index in [1.54, 1.807) is 18.4 Å². The highest BCUT2D eigenvalue weighted by molar-refractivity contribution is 5.71. The molecule has 30 heavy (non-hydrogen) atoms. The lowest BCUT2D eigenvalue weighted by molar-refractivity contribution is 0.0206. The zero-order valence-corrected chi connectivity index (χ0v) is 21.1. The molecule has 0 amide bonds. The van der Waals surface area contributed by atoms with Gasteiger partial charge in [0, 0.05) is 31.4 Å². The van der Waals surface area contributed by atoms with Gasteiger partial charge < -0.3 is 9.64 Å². The molecule has 5 heteroatoms. The van der Waals surface area contributed by atoms with E-state index in [1.165, 1.54) is 6.08 Å². The molecule has 0 aromatic carbocycles. The Morgan fingerprint density at radius 3 is 2.33 bits per heavy atom. The van der Waals surface area contributed by atoms with Gasteiger partial charge in [-0.1, -0.05) is 34.6 Å². The molecular weight excluding hydrogens is 377 g/mol. The van der Waals surface area contributed by atoms with Crippen molar-refractivity contribution in [1.29, 1.82) is 0 Å². The molecule has 0 saturated heterocycles. The minimum absolute atomic E-state index is 0.0571. The Labute approximate surface area is 186 Å². The van der Waals surface area contributed by atoms with Crippen LogP contribution in [-0.4, -0.2) is 74.0 Å². The van der Waals surface area contributed by atoms with Crippen molar-refractivity contribution in [3.8, 4) is 0 Å². The molecule has 176 valence electrons. The fourth-order valence-corrected chi connectivity index (χ4v) is 2.59. The number of nitrogens with zero attached hydrogens (tertiary/aromatic N) is 3. The average Bonchev–Trinajstić information content (AvgIpc) is 2.67. The lowest BCUT2D eigenvalue weighted by Gasteiger charge is -2.36. The van der Waals surface area contributed by atoms with E-state index >= 15 is 0 Å². The Morgan fingerprint density at radius 2 is 1.77 bits per heavy atom. The summed E-state index contributed by atoms with van der Waals surface area (Å²) >= 11 is 0. The van der Waals surface area contributed by atoms with Crippen molar-refractivity contribution in [1.82, 2.24) is 9.80 Å². The number of rotatable bonds is 16. The highest BCUT2D eigenvalue weighted by Gasteiger charge is 2.23. The number of likely N-dealkylation sites (N-methyl/N-ethyl adjacent to an activating group) is 2. The summed E-state index contributed by atoms with van der Waals surface area (Å²) in [6, 6.07) is 0. The fourth-order valence-electron chi connectivity index (χ4n) is 2.59. The van der Waals surface area contributed by atoms with Crippen molar-refractivity contribution in [3.63, 3.8) is 0 Å². The van der Waals surface area contributed by atoms with Gasteiger partial charge in [-0.15, -0.1) is 0 Å². The SMILES string of the molecule is CCN(CCOC(C)C(C)C)CCN(C)C(C)(C)CN=C/C=C\C(F)=C\CC(C)C. The van der Waals surface area contributed by atoms with Crippen LogP contribution in [0, 0.1) is 11.8 Å². The van der Waals surface area contributed by atoms with Gasteiger partial charge in [0.1, 0.15) is 5.83 Å². The fraction of sp³-hybridized carbons (Fsp3) is 0.800. The van der Waals surface area contributed by atoms with Crippen LogP contribution in [0.25, 0.3) is 0 Å². The summed E-state index contributed by atoms with van der Waals surface area (Å²) < 4.78 is 19.5. The van der Waals surface area contributed by atoms with Crippen molar-refractivity contribution in [2.75, 3.05) is 46.4 Å². The van der Waals surface area contributed by atoms with Gasteiger partial charge in [0.25, 0.3) is 0 Å². The quantitative estimate of drug-likeness (QED) is 0.238. The number of hydrogen-bond donors (Lipinski definition) is 0. The van der Waals surface area contributed by atoms with Gasteiger partial charge in [0.05, 0.1) is 19.3 Å². The van der Waals surface area contributed by atoms with Gasteiger partial charge in [-0.2, -0.15) is 0 Å². The second-order valence-corrected chi connectivity index (χ2v) is 9.56. The Bertz CT molecular complexity index is 526. The minimum atomic E-state index is -0.196. The monoisotopic (exact) mass is 425 g/mol. The molecule has 0 rings (SSSR count). The van der Waals surface area contributed by atoms with E-state index in [0.717, 1.165) is 39.2 Å². The Kier molecular flexibility index (Phi) is 15.2. The van der Waals surface area contributed by atoms with E-state index in [0.29, 0.717) is 24.5 Å². The molecule has 0 spiro atoms. The van der Waals surface area contributed by atoms with E-state index in [9.17, 15) is 4.39 Å². The first-order chi connectivity index (χ1) is 14.0. The highest BCUT2D eigenvalue weighted by Crippen LogP contribution is 2.13. The molecule has 0 fully saturated rings. The van der Waals surface area contributed by atoms with Crippen LogP contribution in [0.2, 0.25) is 0 Å². The molecule has 0 aromatic rings. The van der Waals surface area contributed by atoms with E-state index in [4.69, 9.17) is 4.74 Å². The van der Waals surface area contributed by atoms with Crippen LogP contribution >= 0.6 is 0 Å². The van der Waals surface area contributed by atoms with Gasteiger partial charge in [0.2, 0.25) is 0 Å². The van der Waals surface area contributed by atoms with Crippen LogP contribution in [0.15, 0.2) is 29.0 Å². The number of aliphatic imine (C=N–C) groups is 1. The summed E-state index contributed by atoms with van der Waals surface area (Å²) in [4.78, 5) is 9.26. The van der Waals surface area contributed by atoms with Crippen molar-refractivity contribution in [2.24, 2.45) is 16.8 Å². The van der Waals surface area contributed by atoms with Crippen LogP contribution in [0.1, 0.15) is 61.8 Å². The normalized spacial score (nSPS) is 15.1. The van der Waals surface area contributed by atoms with E-state index < -0.39 is 0 Å². The lowest BCUT2D eigenvalue weighted by Crippen LogP contribution is -2.47. The molecule has 0 aromatic heterocycles. The van der Waals surface area contributed by atoms with Crippen LogP contribution in [0.5, 0.6) is 0 Å². The van der Waals surface area contributed by atoms with Crippen LogP contribution < -0.4 is 0 Å². The number of ether oxygens (including phenoxy) is 1. The van der Waals surface area contributed by atoms with Gasteiger partial charge in [0.15, 0.2) is 0 Å². The van der Waals surface area contributed by atoms with E-state index in [-0.39, 0.29) is 11.4 Å². The molecule has 4 nitrogen and oxygen atoms in total. The second-order valence-electron chi connectivity index (χ2n) is 9.56. The molecule has 0 heterocycles. The summed E-state index contributed by atoms with van der Waals surface area (Å²) in [5.74, 6) is 0.821. The number of halogens is 1. The Balaban J connectivity index is 4.37. The molecule has 0 aliphatic rings. The second kappa shape index (κ2) is 15.7. The van der Waals surface area contributed by atoms with Gasteiger partial charge >= 0.3 is 0 Å². The summed E-state index contributed by atoms with van der Waals surface area (Å²) in [5.41, 5.74) is -0.0571. The standard InChI is InChI=1S/C25H48FN3O/c1-10-29(18-19-30-23(6)22(4)5)17-16-28(9)25(7,8)20-27-15-11-12-24(26)14-13-21(2)3/h11-12,14-15,21-23H,10,13,16-20H2,1-9H3/b12-11-,24-14-,27-15?. The van der Waals surface area contributed by atoms with Gasteiger partial charge in [-0.05, 0) is 70.8 Å². The summed E-state index contributed by atoms with van der Waals surface area (Å²) in [6.45, 7) is 22.7. The van der Waals surface area contributed by atoms with E-state index in [1.807, 2.05) is 0 Å². The third-order valence-electron chi connectivity index (χ3n) is 5.67. The number of allylic oxidation sites excluding steroid dienone is 4. The van der Waals surface area contributed by atoms with Crippen LogP contribution in [0.4, 0.5) is 4.39 Å². The van der Waals surface area contributed by atoms with Crippen LogP contribution in [0.3, 0.4) is 0 Å². The van der Waals surface area contributed by atoms with Crippen molar-refractivity contribution in [3.05, 3.63) is 24.1 Å². The van der Waals surface area contributed by atoms with Crippen molar-refractivity contribution >= 4 is 6.21 Å². The Morgan fingerprint density at radius 1 is 1.10 bits per heavy atom. The van der Waals surface area contributed by atoms with Gasteiger partial charge in [-0.25, -0.2) is 4.39 Å². The first kappa shape index (κ1) is 29.0. The smallest absolute Gasteiger partial charge is 0.119 e. The molecule has 0 N–H and O–H groups in total. The first-order valence-electron chi connectivity index (χ1n) is 11.6. The zero-order chi connectivity index (χ0) is 23.2. The molecule has 1 atom stereocenters. The van der Waals surface area contributed by atoms with E-state index in [2.05, 4.69) is 77.2 Å². The minimum Gasteiger partial charge on any atom is -0.377 e. The maximum absolute atomic E-state index is 13.6. The largest absolute Gasteiger partial charge is 0.377 e. The molecule has 0 bridgehead atoms. The molecule has 0 radical (unpaired) electrons. The average molecular weight is 426 g/mol. The molecule has 0 saturated carbocycles. The maximum Gasteiger partial charge on any atom is 0.119 e.